The van der Waals surface area contributed by atoms with Crippen molar-refractivity contribution in [2.24, 2.45) is 0 Å². The standard InChI is InChI=1S/C7H16O8P2/c1-12-17(10,11)14-5-7-6(3-4-13-7)15-16(2,8)9/h6-7H,3-5H2,1-2H3,(H,8,9)(H,10,11)/t6?,7-/m1/s1. The second-order valence-electron chi connectivity index (χ2n) is 3.59. The Bertz CT molecular complexity index is 339. The van der Waals surface area contributed by atoms with Gasteiger partial charge in [-0.1, -0.05) is 0 Å². The number of phosphoric ester groups is 1. The van der Waals surface area contributed by atoms with Crippen LogP contribution in [0.15, 0.2) is 0 Å². The van der Waals surface area contributed by atoms with E-state index in [1.165, 1.54) is 0 Å². The van der Waals surface area contributed by atoms with Crippen molar-refractivity contribution >= 4 is 15.4 Å². The highest BCUT2D eigenvalue weighted by Gasteiger charge is 2.35. The first kappa shape index (κ1) is 15.3. The zero-order valence-corrected chi connectivity index (χ0v) is 11.3. The van der Waals surface area contributed by atoms with Crippen molar-refractivity contribution < 1.29 is 37.2 Å². The normalized spacial score (nSPS) is 32.0. The highest BCUT2D eigenvalue weighted by atomic mass is 31.2. The van der Waals surface area contributed by atoms with Gasteiger partial charge >= 0.3 is 15.4 Å². The van der Waals surface area contributed by atoms with E-state index in [-0.39, 0.29) is 6.61 Å². The Hall–Kier alpha value is 0.220. The Balaban J connectivity index is 2.47. The predicted molar refractivity (Wildman–Crippen MR) is 57.8 cm³/mol. The zero-order valence-electron chi connectivity index (χ0n) is 9.51. The monoisotopic (exact) mass is 290 g/mol. The van der Waals surface area contributed by atoms with Crippen LogP contribution in [0.5, 0.6) is 0 Å². The molecule has 0 aromatic carbocycles. The Kier molecular flexibility index (Phi) is 5.31. The van der Waals surface area contributed by atoms with E-state index >= 15 is 0 Å². The number of hydrogen-bond donors (Lipinski definition) is 2. The molecule has 17 heavy (non-hydrogen) atoms. The maximum atomic E-state index is 11.1. The molecule has 1 heterocycles. The van der Waals surface area contributed by atoms with Crippen molar-refractivity contribution in [1.29, 1.82) is 0 Å². The second kappa shape index (κ2) is 5.91. The van der Waals surface area contributed by atoms with Gasteiger partial charge in [0.15, 0.2) is 0 Å². The molecular weight excluding hydrogens is 274 g/mol. The highest BCUT2D eigenvalue weighted by molar-refractivity contribution is 7.51. The van der Waals surface area contributed by atoms with E-state index in [1.54, 1.807) is 0 Å². The number of hydrogen-bond acceptors (Lipinski definition) is 6. The summed E-state index contributed by atoms with van der Waals surface area (Å²) in [5.41, 5.74) is 0. The summed E-state index contributed by atoms with van der Waals surface area (Å²) < 4.78 is 41.1. The fourth-order valence-corrected chi connectivity index (χ4v) is 2.56. The van der Waals surface area contributed by atoms with Crippen LogP contribution in [-0.2, 0) is 27.4 Å². The first-order chi connectivity index (χ1) is 7.73. The summed E-state index contributed by atoms with van der Waals surface area (Å²) in [6.45, 7) is 1.16. The second-order valence-corrected chi connectivity index (χ2v) is 6.97. The minimum Gasteiger partial charge on any atom is -0.373 e. The van der Waals surface area contributed by atoms with Gasteiger partial charge in [-0.2, -0.15) is 0 Å². The van der Waals surface area contributed by atoms with E-state index in [0.717, 1.165) is 13.8 Å². The molecule has 4 atom stereocenters. The third-order valence-corrected chi connectivity index (χ3v) is 3.71. The van der Waals surface area contributed by atoms with Crippen LogP contribution in [0.3, 0.4) is 0 Å². The van der Waals surface area contributed by atoms with Gasteiger partial charge in [-0.25, -0.2) is 4.57 Å². The highest BCUT2D eigenvalue weighted by Crippen LogP contribution is 2.44. The third-order valence-electron chi connectivity index (χ3n) is 2.11. The van der Waals surface area contributed by atoms with Crippen LogP contribution in [0.25, 0.3) is 0 Å². The van der Waals surface area contributed by atoms with Gasteiger partial charge in [-0.05, 0) is 0 Å². The Morgan fingerprint density at radius 3 is 2.59 bits per heavy atom. The number of phosphoric acid groups is 1. The summed E-state index contributed by atoms with van der Waals surface area (Å²) >= 11 is 0. The van der Waals surface area contributed by atoms with Crippen LogP contribution in [-0.4, -0.2) is 49.0 Å². The van der Waals surface area contributed by atoms with Gasteiger partial charge < -0.3 is 19.0 Å². The van der Waals surface area contributed by atoms with E-state index in [4.69, 9.17) is 19.0 Å². The van der Waals surface area contributed by atoms with Gasteiger partial charge in [-0.3, -0.25) is 13.6 Å². The molecule has 3 unspecified atom stereocenters. The molecule has 0 aromatic rings. The van der Waals surface area contributed by atoms with E-state index < -0.39 is 27.6 Å². The lowest BCUT2D eigenvalue weighted by Gasteiger charge is -2.20. The zero-order chi connectivity index (χ0) is 13.1. The van der Waals surface area contributed by atoms with Crippen molar-refractivity contribution in [3.05, 3.63) is 0 Å². The van der Waals surface area contributed by atoms with E-state index in [2.05, 4.69) is 9.05 Å². The minimum absolute atomic E-state index is 0.244. The molecule has 1 aliphatic heterocycles. The molecule has 1 saturated heterocycles. The van der Waals surface area contributed by atoms with Crippen LogP contribution in [0.1, 0.15) is 6.42 Å². The summed E-state index contributed by atoms with van der Waals surface area (Å²) in [7, 11) is -6.65. The Morgan fingerprint density at radius 2 is 2.06 bits per heavy atom. The van der Waals surface area contributed by atoms with Crippen LogP contribution in [0, 0.1) is 0 Å². The van der Waals surface area contributed by atoms with Crippen molar-refractivity contribution in [3.63, 3.8) is 0 Å². The molecule has 1 rings (SSSR count). The molecule has 10 heteroatoms. The van der Waals surface area contributed by atoms with Gasteiger partial charge in [0.25, 0.3) is 0 Å². The van der Waals surface area contributed by atoms with E-state index in [1.807, 2.05) is 0 Å². The fraction of sp³-hybridized carbons (Fsp3) is 1.00. The lowest BCUT2D eigenvalue weighted by atomic mass is 10.2. The summed E-state index contributed by atoms with van der Waals surface area (Å²) in [6.07, 6.45) is -0.867. The van der Waals surface area contributed by atoms with Gasteiger partial charge in [0.05, 0.1) is 12.7 Å². The van der Waals surface area contributed by atoms with Crippen molar-refractivity contribution in [1.82, 2.24) is 0 Å². The van der Waals surface area contributed by atoms with Crippen LogP contribution in [0.4, 0.5) is 0 Å². The molecule has 0 aliphatic carbocycles. The van der Waals surface area contributed by atoms with Crippen molar-refractivity contribution in [3.8, 4) is 0 Å². The molecule has 102 valence electrons. The summed E-state index contributed by atoms with van der Waals surface area (Å²) in [4.78, 5) is 18.1. The summed E-state index contributed by atoms with van der Waals surface area (Å²) in [6, 6.07) is 0. The summed E-state index contributed by atoms with van der Waals surface area (Å²) in [5, 5.41) is 0. The lowest BCUT2D eigenvalue weighted by molar-refractivity contribution is 0.00784. The third kappa shape index (κ3) is 5.59. The molecule has 1 aliphatic rings. The van der Waals surface area contributed by atoms with Gasteiger partial charge in [0.1, 0.15) is 6.10 Å². The predicted octanol–water partition coefficient (Wildman–Crippen LogP) is 0.739. The Morgan fingerprint density at radius 1 is 1.41 bits per heavy atom. The molecule has 0 saturated carbocycles. The average Bonchev–Trinajstić information content (AvgIpc) is 2.60. The van der Waals surface area contributed by atoms with Crippen LogP contribution < -0.4 is 0 Å². The topological polar surface area (TPSA) is 112 Å². The van der Waals surface area contributed by atoms with Crippen molar-refractivity contribution in [2.75, 3.05) is 27.0 Å². The maximum absolute atomic E-state index is 11.1. The fourth-order valence-electron chi connectivity index (χ4n) is 1.38. The number of rotatable bonds is 6. The quantitative estimate of drug-likeness (QED) is 0.689. The average molecular weight is 290 g/mol. The molecule has 0 aromatic heterocycles. The van der Waals surface area contributed by atoms with Crippen LogP contribution >= 0.6 is 15.4 Å². The maximum Gasteiger partial charge on any atom is 0.472 e. The molecule has 0 bridgehead atoms. The summed E-state index contributed by atoms with van der Waals surface area (Å²) in [5.74, 6) is 0. The molecule has 8 nitrogen and oxygen atoms in total. The molecule has 0 spiro atoms. The largest absolute Gasteiger partial charge is 0.472 e. The molecule has 0 radical (unpaired) electrons. The van der Waals surface area contributed by atoms with Gasteiger partial charge in [0.2, 0.25) is 0 Å². The first-order valence-electron chi connectivity index (χ1n) is 4.87. The van der Waals surface area contributed by atoms with Gasteiger partial charge in [0, 0.05) is 26.8 Å². The van der Waals surface area contributed by atoms with Crippen LogP contribution in [0.2, 0.25) is 0 Å². The van der Waals surface area contributed by atoms with Crippen molar-refractivity contribution in [2.45, 2.75) is 18.6 Å². The molecular formula is C7H16O8P2. The minimum atomic E-state index is -4.07. The molecule has 2 N–H and O–H groups in total. The smallest absolute Gasteiger partial charge is 0.373 e. The number of ether oxygens (including phenoxy) is 1. The SMILES string of the molecule is COP(=O)(O)OC[C@H]1OCCC1OP(C)(=O)O. The first-order valence-corrected chi connectivity index (χ1v) is 8.39. The molecule has 1 fully saturated rings. The lowest BCUT2D eigenvalue weighted by Crippen LogP contribution is -2.28. The van der Waals surface area contributed by atoms with E-state index in [0.29, 0.717) is 13.0 Å². The van der Waals surface area contributed by atoms with E-state index in [9.17, 15) is 9.13 Å². The Labute approximate surface area is 99.0 Å². The van der Waals surface area contributed by atoms with Gasteiger partial charge in [-0.15, -0.1) is 0 Å². The molecule has 0 amide bonds.